The molecule has 1 atom stereocenters. The van der Waals surface area contributed by atoms with Crippen LogP contribution in [0.4, 0.5) is 4.39 Å². The van der Waals surface area contributed by atoms with Gasteiger partial charge >= 0.3 is 11.9 Å². The zero-order chi connectivity index (χ0) is 21.3. The average molecular weight is 427 g/mol. The second-order valence-corrected chi connectivity index (χ2v) is 9.00. The van der Waals surface area contributed by atoms with E-state index in [1.54, 1.807) is 15.7 Å². The Morgan fingerprint density at radius 2 is 1.83 bits per heavy atom. The van der Waals surface area contributed by atoms with E-state index in [2.05, 4.69) is 0 Å². The normalized spacial score (nSPS) is 17.4. The number of carbonyl (C=O) groups is 2. The molecule has 2 aromatic rings. The van der Waals surface area contributed by atoms with Crippen molar-refractivity contribution < 1.29 is 32.6 Å². The van der Waals surface area contributed by atoms with Gasteiger partial charge in [0.15, 0.2) is 0 Å². The molecule has 0 saturated carbocycles. The third kappa shape index (κ3) is 4.57. The number of rotatable bonds is 7. The molecule has 1 saturated heterocycles. The first-order chi connectivity index (χ1) is 13.6. The van der Waals surface area contributed by atoms with Crippen LogP contribution in [0.3, 0.4) is 0 Å². The summed E-state index contributed by atoms with van der Waals surface area (Å²) in [5.41, 5.74) is 0.841. The highest BCUT2D eigenvalue weighted by molar-refractivity contribution is 7.88. The van der Waals surface area contributed by atoms with E-state index in [9.17, 15) is 27.5 Å². The summed E-state index contributed by atoms with van der Waals surface area (Å²) in [5, 5.41) is 19.4. The minimum Gasteiger partial charge on any atom is -0.481 e. The molecule has 2 heterocycles. The third-order valence-electron chi connectivity index (χ3n) is 5.08. The lowest BCUT2D eigenvalue weighted by Crippen LogP contribution is -2.50. The number of sulfonamides is 1. The fraction of sp³-hybridized carbons (Fsp3) is 0.444. The molecule has 0 unspecified atom stereocenters. The largest absolute Gasteiger partial charge is 0.481 e. The maximum absolute atomic E-state index is 13.8. The minimum atomic E-state index is -3.35. The lowest BCUT2D eigenvalue weighted by atomic mass is 10.0. The molecule has 0 amide bonds. The van der Waals surface area contributed by atoms with E-state index in [1.165, 1.54) is 22.5 Å². The van der Waals surface area contributed by atoms with Crippen LogP contribution in [0.25, 0.3) is 10.9 Å². The Bertz CT molecular complexity index is 1040. The van der Waals surface area contributed by atoms with Crippen LogP contribution in [-0.2, 0) is 26.2 Å². The molecular formula is C18H22FN3O6S. The molecule has 1 aliphatic heterocycles. The van der Waals surface area contributed by atoms with Gasteiger partial charge in [-0.15, -0.1) is 0 Å². The van der Waals surface area contributed by atoms with Crippen LogP contribution in [0.5, 0.6) is 0 Å². The molecule has 0 radical (unpaired) electrons. The highest BCUT2D eigenvalue weighted by Gasteiger charge is 2.34. The number of halogens is 1. The Labute approximate surface area is 167 Å². The summed E-state index contributed by atoms with van der Waals surface area (Å²) in [7, 11) is -3.35. The first-order valence-electron chi connectivity index (χ1n) is 9.00. The van der Waals surface area contributed by atoms with Crippen LogP contribution in [0.15, 0.2) is 24.4 Å². The number of aliphatic carboxylic acids is 2. The zero-order valence-corrected chi connectivity index (χ0v) is 16.6. The smallest absolute Gasteiger partial charge is 0.325 e. The van der Waals surface area contributed by atoms with Gasteiger partial charge in [0.1, 0.15) is 11.9 Å². The van der Waals surface area contributed by atoms with Gasteiger partial charge in [0.2, 0.25) is 10.0 Å². The van der Waals surface area contributed by atoms with Gasteiger partial charge in [-0.1, -0.05) is 0 Å². The molecule has 11 heteroatoms. The Kier molecular flexibility index (Phi) is 5.92. The molecule has 0 aliphatic carbocycles. The van der Waals surface area contributed by atoms with E-state index in [-0.39, 0.29) is 39.1 Å². The maximum atomic E-state index is 13.8. The van der Waals surface area contributed by atoms with Crippen LogP contribution in [0.1, 0.15) is 18.0 Å². The van der Waals surface area contributed by atoms with Crippen molar-refractivity contribution >= 4 is 32.9 Å². The van der Waals surface area contributed by atoms with Gasteiger partial charge in [0.25, 0.3) is 0 Å². The highest BCUT2D eigenvalue weighted by atomic mass is 32.2. The maximum Gasteiger partial charge on any atom is 0.325 e. The Morgan fingerprint density at radius 3 is 2.38 bits per heavy atom. The van der Waals surface area contributed by atoms with E-state index in [1.807, 2.05) is 0 Å². The van der Waals surface area contributed by atoms with Crippen molar-refractivity contribution in [1.29, 1.82) is 0 Å². The van der Waals surface area contributed by atoms with E-state index in [0.717, 1.165) is 6.26 Å². The first-order valence-corrected chi connectivity index (χ1v) is 10.8. The standard InChI is InChI=1S/C18H22FN3O6S/c1-29(27,28)22-8-6-20(7-9-22)17(18(25)26)14-11-21(5-4-16(23)24)15-10-12(19)2-3-13(14)15/h2-3,10-11,17H,4-9H2,1H3,(H,23,24)(H,25,26)/t17-/m1/s1. The minimum absolute atomic E-state index is 0.0729. The molecule has 158 valence electrons. The van der Waals surface area contributed by atoms with E-state index in [4.69, 9.17) is 5.11 Å². The number of benzene rings is 1. The van der Waals surface area contributed by atoms with Crippen LogP contribution >= 0.6 is 0 Å². The number of aromatic nitrogens is 1. The molecular weight excluding hydrogens is 405 g/mol. The fourth-order valence-electron chi connectivity index (χ4n) is 3.69. The molecule has 1 fully saturated rings. The van der Waals surface area contributed by atoms with Gasteiger partial charge in [-0.25, -0.2) is 12.8 Å². The quantitative estimate of drug-likeness (QED) is 0.675. The fourth-order valence-corrected chi connectivity index (χ4v) is 4.52. The monoisotopic (exact) mass is 427 g/mol. The molecule has 0 bridgehead atoms. The lowest BCUT2D eigenvalue weighted by Gasteiger charge is -2.36. The van der Waals surface area contributed by atoms with Crippen LogP contribution in [-0.4, -0.2) is 76.8 Å². The molecule has 1 aliphatic rings. The van der Waals surface area contributed by atoms with Gasteiger partial charge in [0.05, 0.1) is 18.2 Å². The summed E-state index contributed by atoms with van der Waals surface area (Å²) < 4.78 is 40.0. The van der Waals surface area contributed by atoms with Crippen molar-refractivity contribution in [3.8, 4) is 0 Å². The number of hydrogen-bond acceptors (Lipinski definition) is 5. The Morgan fingerprint density at radius 1 is 1.17 bits per heavy atom. The molecule has 1 aromatic carbocycles. The SMILES string of the molecule is CS(=O)(=O)N1CCN([C@@H](C(=O)O)c2cn(CCC(=O)O)c3cc(F)ccc23)CC1. The molecule has 1 aromatic heterocycles. The summed E-state index contributed by atoms with van der Waals surface area (Å²) >= 11 is 0. The van der Waals surface area contributed by atoms with Crippen molar-refractivity contribution in [3.63, 3.8) is 0 Å². The number of carboxylic acids is 2. The Hall–Kier alpha value is -2.50. The first kappa shape index (κ1) is 21.2. The average Bonchev–Trinajstić information content (AvgIpc) is 2.97. The summed E-state index contributed by atoms with van der Waals surface area (Å²) in [6, 6.07) is 2.91. The third-order valence-corrected chi connectivity index (χ3v) is 6.38. The van der Waals surface area contributed by atoms with Gasteiger partial charge < -0.3 is 14.8 Å². The van der Waals surface area contributed by atoms with Crippen molar-refractivity contribution in [2.75, 3.05) is 32.4 Å². The molecule has 2 N–H and O–H groups in total. The molecule has 3 rings (SSSR count). The van der Waals surface area contributed by atoms with E-state index < -0.39 is 33.8 Å². The number of hydrogen-bond donors (Lipinski definition) is 2. The number of piperazine rings is 1. The second kappa shape index (κ2) is 8.09. The van der Waals surface area contributed by atoms with Crippen molar-refractivity contribution in [2.24, 2.45) is 0 Å². The van der Waals surface area contributed by atoms with Gasteiger partial charge in [-0.2, -0.15) is 4.31 Å². The van der Waals surface area contributed by atoms with Crippen molar-refractivity contribution in [1.82, 2.24) is 13.8 Å². The number of nitrogens with zero attached hydrogens (tertiary/aromatic N) is 3. The van der Waals surface area contributed by atoms with Crippen molar-refractivity contribution in [2.45, 2.75) is 19.0 Å². The predicted octanol–water partition coefficient (Wildman–Crippen LogP) is 0.958. The zero-order valence-electron chi connectivity index (χ0n) is 15.8. The Balaban J connectivity index is 1.97. The molecule has 29 heavy (non-hydrogen) atoms. The summed E-state index contributed by atoms with van der Waals surface area (Å²) in [6.45, 7) is 0.882. The highest BCUT2D eigenvalue weighted by Crippen LogP contribution is 2.32. The van der Waals surface area contributed by atoms with Gasteiger partial charge in [0, 0.05) is 49.9 Å². The van der Waals surface area contributed by atoms with Gasteiger partial charge in [-0.3, -0.25) is 14.5 Å². The number of aryl methyl sites for hydroxylation is 1. The van der Waals surface area contributed by atoms with Crippen LogP contribution in [0.2, 0.25) is 0 Å². The topological polar surface area (TPSA) is 120 Å². The van der Waals surface area contributed by atoms with Crippen LogP contribution in [0, 0.1) is 5.82 Å². The predicted molar refractivity (Wildman–Crippen MR) is 103 cm³/mol. The number of fused-ring (bicyclic) bond motifs is 1. The van der Waals surface area contributed by atoms with Crippen LogP contribution < -0.4 is 0 Å². The lowest BCUT2D eigenvalue weighted by molar-refractivity contribution is -0.144. The summed E-state index contributed by atoms with van der Waals surface area (Å²) in [6.07, 6.45) is 2.47. The van der Waals surface area contributed by atoms with E-state index >= 15 is 0 Å². The molecule has 9 nitrogen and oxygen atoms in total. The second-order valence-electron chi connectivity index (χ2n) is 7.02. The van der Waals surface area contributed by atoms with Gasteiger partial charge in [-0.05, 0) is 18.2 Å². The van der Waals surface area contributed by atoms with E-state index in [0.29, 0.717) is 16.5 Å². The van der Waals surface area contributed by atoms with Crippen molar-refractivity contribution in [3.05, 3.63) is 35.8 Å². The number of carboxylic acid groups (broad SMARTS) is 2. The summed E-state index contributed by atoms with van der Waals surface area (Å²) in [4.78, 5) is 24.7. The molecule has 0 spiro atoms. The summed E-state index contributed by atoms with van der Waals surface area (Å²) in [5.74, 6) is -2.64.